The molecule has 2 aliphatic heterocycles. The zero-order chi connectivity index (χ0) is 20.0. The van der Waals surface area contributed by atoms with Crippen molar-refractivity contribution < 1.29 is 1.37 Å². The molecule has 2 heteroatoms. The second kappa shape index (κ2) is 6.72. The van der Waals surface area contributed by atoms with Crippen LogP contribution in [0.3, 0.4) is 0 Å². The van der Waals surface area contributed by atoms with Crippen LogP contribution in [0.2, 0.25) is 0 Å². The average Bonchev–Trinajstić information content (AvgIpc) is 3.26. The van der Waals surface area contributed by atoms with Crippen LogP contribution in [0.1, 0.15) is 37.0 Å². The lowest BCUT2D eigenvalue weighted by molar-refractivity contribution is 0.386. The van der Waals surface area contributed by atoms with Crippen molar-refractivity contribution in [3.05, 3.63) is 125 Å². The van der Waals surface area contributed by atoms with E-state index >= 15 is 0 Å². The van der Waals surface area contributed by atoms with Gasteiger partial charge in [-0.25, -0.2) is 0 Å². The van der Waals surface area contributed by atoms with Crippen LogP contribution in [-0.2, 0) is 0 Å². The average molecular weight is 365 g/mol. The second-order valence-corrected chi connectivity index (χ2v) is 7.38. The van der Waals surface area contributed by atoms with Gasteiger partial charge in [0.05, 0.1) is 5.70 Å². The number of para-hydroxylation sites is 1. The van der Waals surface area contributed by atoms with Crippen molar-refractivity contribution in [1.29, 1.82) is 0 Å². The van der Waals surface area contributed by atoms with Gasteiger partial charge < -0.3 is 9.80 Å². The predicted molar refractivity (Wildman–Crippen MR) is 116 cm³/mol. The minimum Gasteiger partial charge on any atom is -0.324 e. The Hall–Kier alpha value is -3.26. The fraction of sp³-hybridized carbons (Fsp3) is 0.154. The largest absolute Gasteiger partial charge is 0.324 e. The molecule has 3 aromatic carbocycles. The highest BCUT2D eigenvalue weighted by atomic mass is 15.4. The van der Waals surface area contributed by atoms with E-state index in [1.807, 2.05) is 24.3 Å². The lowest BCUT2D eigenvalue weighted by Gasteiger charge is -2.33. The van der Waals surface area contributed by atoms with Crippen molar-refractivity contribution in [3.63, 3.8) is 0 Å². The maximum Gasteiger partial charge on any atom is 0.136 e. The van der Waals surface area contributed by atoms with E-state index in [0.717, 1.165) is 17.0 Å². The van der Waals surface area contributed by atoms with E-state index < -0.39 is 5.89 Å². The van der Waals surface area contributed by atoms with Gasteiger partial charge in [-0.05, 0) is 36.6 Å². The number of rotatable bonds is 3. The van der Waals surface area contributed by atoms with Crippen LogP contribution in [0.5, 0.6) is 0 Å². The molecule has 0 bridgehead atoms. The molecule has 0 spiro atoms. The summed E-state index contributed by atoms with van der Waals surface area (Å²) in [6.45, 7) is 4.30. The van der Waals surface area contributed by atoms with E-state index in [0.29, 0.717) is 0 Å². The van der Waals surface area contributed by atoms with Crippen molar-refractivity contribution in [1.82, 2.24) is 4.90 Å². The lowest BCUT2D eigenvalue weighted by atomic mass is 9.96. The fourth-order valence-electron chi connectivity index (χ4n) is 4.39. The van der Waals surface area contributed by atoms with Crippen LogP contribution in [0.15, 0.2) is 109 Å². The maximum absolute atomic E-state index is 9.43. The van der Waals surface area contributed by atoms with Crippen LogP contribution < -0.4 is 4.90 Å². The molecule has 0 amide bonds. The van der Waals surface area contributed by atoms with Gasteiger partial charge in [-0.1, -0.05) is 84.9 Å². The molecule has 2 unspecified atom stereocenters. The molecule has 2 aliphatic rings. The molecule has 0 aromatic heterocycles. The molecule has 2 nitrogen and oxygen atoms in total. The normalized spacial score (nSPS) is 23.9. The summed E-state index contributed by atoms with van der Waals surface area (Å²) in [5.41, 5.74) is 6.77. The first-order chi connectivity index (χ1) is 14.1. The number of nitrogens with zero attached hydrogens (tertiary/aromatic N) is 2. The molecule has 0 saturated carbocycles. The Kier molecular flexibility index (Phi) is 3.78. The molecule has 5 rings (SSSR count). The Labute approximate surface area is 168 Å². The van der Waals surface area contributed by atoms with E-state index in [9.17, 15) is 1.37 Å². The van der Waals surface area contributed by atoms with E-state index in [4.69, 9.17) is 0 Å². The summed E-state index contributed by atoms with van der Waals surface area (Å²) in [4.78, 5) is 4.66. The van der Waals surface area contributed by atoms with Crippen molar-refractivity contribution in [2.75, 3.05) is 4.90 Å². The highest BCUT2D eigenvalue weighted by molar-refractivity contribution is 5.64. The monoisotopic (exact) mass is 365 g/mol. The minimum absolute atomic E-state index is 0.000475. The van der Waals surface area contributed by atoms with Crippen molar-refractivity contribution >= 4 is 5.69 Å². The Bertz CT molecular complexity index is 1100. The third-order valence-electron chi connectivity index (χ3n) is 5.68. The topological polar surface area (TPSA) is 6.48 Å². The number of benzene rings is 3. The van der Waals surface area contributed by atoms with Crippen LogP contribution in [0, 0.1) is 6.92 Å². The summed E-state index contributed by atoms with van der Waals surface area (Å²) >= 11 is 0. The summed E-state index contributed by atoms with van der Waals surface area (Å²) in [7, 11) is 0. The number of hydrogen-bond donors (Lipinski definition) is 0. The van der Waals surface area contributed by atoms with Gasteiger partial charge in [0.15, 0.2) is 0 Å². The highest BCUT2D eigenvalue weighted by Crippen LogP contribution is 2.50. The summed E-state index contributed by atoms with van der Waals surface area (Å²) in [5, 5.41) is 0. The molecule has 0 fully saturated rings. The molecule has 138 valence electrons. The standard InChI is InChI=1S/C26H24N2/c1-19-11-9-10-16-24(19)28-20(2)25-23(21-12-5-3-6-13-21)17-18-27(25)26(28)22-14-7-4-8-15-22/h3-18,23,26H,1-2H3/i23D. The highest BCUT2D eigenvalue weighted by Gasteiger charge is 2.42. The molecule has 2 heterocycles. The molecular weight excluding hydrogens is 340 g/mol. The first-order valence-corrected chi connectivity index (χ1v) is 9.75. The van der Waals surface area contributed by atoms with E-state index in [1.54, 1.807) is 0 Å². The van der Waals surface area contributed by atoms with Gasteiger partial charge >= 0.3 is 0 Å². The predicted octanol–water partition coefficient (Wildman–Crippen LogP) is 6.36. The molecule has 0 aliphatic carbocycles. The zero-order valence-electron chi connectivity index (χ0n) is 17.2. The van der Waals surface area contributed by atoms with Crippen LogP contribution >= 0.6 is 0 Å². The molecule has 0 radical (unpaired) electrons. The van der Waals surface area contributed by atoms with Gasteiger partial charge in [0, 0.05) is 24.8 Å². The van der Waals surface area contributed by atoms with Gasteiger partial charge in [-0.2, -0.15) is 0 Å². The molecule has 0 saturated heterocycles. The van der Waals surface area contributed by atoms with Crippen molar-refractivity contribution in [3.8, 4) is 0 Å². The number of aryl methyl sites for hydroxylation is 1. The number of hydrogen-bond acceptors (Lipinski definition) is 2. The quantitative estimate of drug-likeness (QED) is 0.533. The van der Waals surface area contributed by atoms with E-state index in [1.165, 1.54) is 16.8 Å². The van der Waals surface area contributed by atoms with E-state index in [2.05, 4.69) is 96.6 Å². The zero-order valence-corrected chi connectivity index (χ0v) is 16.2. The number of anilines is 1. The summed E-state index contributed by atoms with van der Waals surface area (Å²) in [6, 6.07) is 29.2. The Morgan fingerprint density at radius 2 is 1.36 bits per heavy atom. The molecular formula is C26H24N2. The Balaban J connectivity index is 1.72. The molecule has 28 heavy (non-hydrogen) atoms. The second-order valence-electron chi connectivity index (χ2n) is 7.38. The smallest absolute Gasteiger partial charge is 0.136 e. The molecule has 3 aromatic rings. The third kappa shape index (κ3) is 2.56. The van der Waals surface area contributed by atoms with Gasteiger partial charge in [-0.3, -0.25) is 0 Å². The van der Waals surface area contributed by atoms with Gasteiger partial charge in [0.25, 0.3) is 0 Å². The number of allylic oxidation sites excluding steroid dienone is 2. The van der Waals surface area contributed by atoms with Crippen molar-refractivity contribution in [2.45, 2.75) is 25.9 Å². The van der Waals surface area contributed by atoms with E-state index in [-0.39, 0.29) is 6.17 Å². The SMILES string of the molecule is [2H]C1(c2ccccc2)C=CN2C1=C(C)N(c1ccccc1C)C2c1ccccc1. The van der Waals surface area contributed by atoms with Crippen LogP contribution in [0.25, 0.3) is 0 Å². The first-order valence-electron chi connectivity index (χ1n) is 10.3. The van der Waals surface area contributed by atoms with Crippen molar-refractivity contribution in [2.24, 2.45) is 0 Å². The van der Waals surface area contributed by atoms with Gasteiger partial charge in [-0.15, -0.1) is 0 Å². The van der Waals surface area contributed by atoms with Crippen LogP contribution in [0.4, 0.5) is 5.69 Å². The fourth-order valence-corrected chi connectivity index (χ4v) is 4.39. The Morgan fingerprint density at radius 1 is 0.750 bits per heavy atom. The minimum atomic E-state index is -0.893. The van der Waals surface area contributed by atoms with Crippen LogP contribution in [-0.4, -0.2) is 4.90 Å². The summed E-state index contributed by atoms with van der Waals surface area (Å²) in [6.07, 6.45) is 4.11. The Morgan fingerprint density at radius 3 is 2.04 bits per heavy atom. The summed E-state index contributed by atoms with van der Waals surface area (Å²) in [5.74, 6) is -0.893. The maximum atomic E-state index is 9.43. The summed E-state index contributed by atoms with van der Waals surface area (Å²) < 4.78 is 9.43. The first kappa shape index (κ1) is 15.8. The number of fused-ring (bicyclic) bond motifs is 1. The van der Waals surface area contributed by atoms with Gasteiger partial charge in [0.2, 0.25) is 0 Å². The van der Waals surface area contributed by atoms with Gasteiger partial charge in [0.1, 0.15) is 6.17 Å². The molecule has 2 atom stereocenters. The third-order valence-corrected chi connectivity index (χ3v) is 5.68. The molecule has 0 N–H and O–H groups in total. The lowest BCUT2D eigenvalue weighted by Crippen LogP contribution is -2.29.